The maximum absolute atomic E-state index is 11.8. The molecular weight excluding hydrogens is 326 g/mol. The minimum Gasteiger partial charge on any atom is -0.497 e. The van der Waals surface area contributed by atoms with Gasteiger partial charge in [-0.05, 0) is 30.5 Å². The Balaban J connectivity index is 1.63. The summed E-state index contributed by atoms with van der Waals surface area (Å²) in [5.74, 6) is 2.91. The van der Waals surface area contributed by atoms with Crippen LogP contribution in [0.2, 0.25) is 0 Å². The molecule has 0 spiro atoms. The van der Waals surface area contributed by atoms with Crippen LogP contribution in [0, 0.1) is 0 Å². The highest BCUT2D eigenvalue weighted by atomic mass is 32.2. The fourth-order valence-corrected chi connectivity index (χ4v) is 3.66. The van der Waals surface area contributed by atoms with Crippen LogP contribution in [0.25, 0.3) is 11.0 Å². The van der Waals surface area contributed by atoms with Gasteiger partial charge in [0.2, 0.25) is 0 Å². The van der Waals surface area contributed by atoms with Crippen LogP contribution in [0.3, 0.4) is 0 Å². The number of nitrogens with zero attached hydrogens (tertiary/aromatic N) is 3. The molecule has 0 aliphatic heterocycles. The summed E-state index contributed by atoms with van der Waals surface area (Å²) in [6.07, 6.45) is 2.39. The Hall–Kier alpha value is -2.28. The molecule has 6 nitrogen and oxygen atoms in total. The van der Waals surface area contributed by atoms with Crippen molar-refractivity contribution in [2.24, 2.45) is 7.05 Å². The summed E-state index contributed by atoms with van der Waals surface area (Å²) in [6.45, 7) is 0. The van der Waals surface area contributed by atoms with Crippen LogP contribution in [0.1, 0.15) is 30.1 Å². The number of thioether (sulfide) groups is 1. The maximum Gasteiger partial charge on any atom is 0.336 e. The van der Waals surface area contributed by atoms with Gasteiger partial charge in [0.25, 0.3) is 0 Å². The van der Waals surface area contributed by atoms with Gasteiger partial charge in [-0.15, -0.1) is 10.2 Å². The van der Waals surface area contributed by atoms with Crippen LogP contribution in [-0.4, -0.2) is 21.9 Å². The zero-order valence-electron chi connectivity index (χ0n) is 13.5. The minimum absolute atomic E-state index is 0.358. The number of aromatic nitrogens is 3. The van der Waals surface area contributed by atoms with Gasteiger partial charge in [-0.2, -0.15) is 0 Å². The number of rotatable bonds is 5. The van der Waals surface area contributed by atoms with Crippen molar-refractivity contribution in [3.8, 4) is 5.75 Å². The van der Waals surface area contributed by atoms with E-state index in [1.807, 2.05) is 19.2 Å². The number of fused-ring (bicyclic) bond motifs is 1. The SMILES string of the molecule is COc1ccc2c(CSc3nnc(C4CC4)n3C)cc(=O)oc2c1. The fraction of sp³-hybridized carbons (Fsp3) is 0.353. The quantitative estimate of drug-likeness (QED) is 0.524. The van der Waals surface area contributed by atoms with Crippen LogP contribution in [0.15, 0.2) is 38.6 Å². The van der Waals surface area contributed by atoms with Crippen LogP contribution < -0.4 is 10.4 Å². The third-order valence-corrected chi connectivity index (χ3v) is 5.27. The number of hydrogen-bond donors (Lipinski definition) is 0. The van der Waals surface area contributed by atoms with Crippen molar-refractivity contribution < 1.29 is 9.15 Å². The van der Waals surface area contributed by atoms with Gasteiger partial charge in [0.15, 0.2) is 5.16 Å². The van der Waals surface area contributed by atoms with Crippen molar-refractivity contribution in [1.82, 2.24) is 14.8 Å². The molecule has 124 valence electrons. The highest BCUT2D eigenvalue weighted by Crippen LogP contribution is 2.39. The molecule has 1 aliphatic rings. The van der Waals surface area contributed by atoms with Gasteiger partial charge in [-0.3, -0.25) is 0 Å². The highest BCUT2D eigenvalue weighted by Gasteiger charge is 2.29. The standard InChI is InChI=1S/C17H17N3O3S/c1-20-16(10-3-4-10)18-19-17(20)24-9-11-7-15(21)23-14-8-12(22-2)5-6-13(11)14/h5-8,10H,3-4,9H2,1-2H3. The van der Waals surface area contributed by atoms with Crippen molar-refractivity contribution in [2.45, 2.75) is 29.7 Å². The van der Waals surface area contributed by atoms with E-state index < -0.39 is 0 Å². The summed E-state index contributed by atoms with van der Waals surface area (Å²) < 4.78 is 12.5. The van der Waals surface area contributed by atoms with Crippen LogP contribution >= 0.6 is 11.8 Å². The van der Waals surface area contributed by atoms with Gasteiger partial charge in [0, 0.05) is 36.2 Å². The molecule has 3 aromatic rings. The van der Waals surface area contributed by atoms with E-state index in [-0.39, 0.29) is 5.63 Å². The van der Waals surface area contributed by atoms with E-state index in [0.29, 0.717) is 23.0 Å². The van der Waals surface area contributed by atoms with Crippen LogP contribution in [0.4, 0.5) is 0 Å². The van der Waals surface area contributed by atoms with E-state index in [9.17, 15) is 4.79 Å². The van der Waals surface area contributed by atoms with Crippen molar-refractivity contribution >= 4 is 22.7 Å². The normalized spacial score (nSPS) is 14.2. The summed E-state index contributed by atoms with van der Waals surface area (Å²) in [5.41, 5.74) is 1.10. The Kier molecular flexibility index (Phi) is 3.80. The Labute approximate surface area is 142 Å². The van der Waals surface area contributed by atoms with Crippen molar-refractivity contribution in [3.63, 3.8) is 0 Å². The van der Waals surface area contributed by atoms with E-state index in [2.05, 4.69) is 14.8 Å². The third-order valence-electron chi connectivity index (χ3n) is 4.21. The molecule has 0 bridgehead atoms. The Bertz CT molecular complexity index is 959. The first-order valence-electron chi connectivity index (χ1n) is 7.78. The average Bonchev–Trinajstić information content (AvgIpc) is 3.35. The molecule has 1 aromatic carbocycles. The number of benzene rings is 1. The Morgan fingerprint density at radius 3 is 2.92 bits per heavy atom. The number of ether oxygens (including phenoxy) is 1. The summed E-state index contributed by atoms with van der Waals surface area (Å²) in [4.78, 5) is 11.8. The Morgan fingerprint density at radius 2 is 2.17 bits per heavy atom. The second-order valence-electron chi connectivity index (χ2n) is 5.92. The Morgan fingerprint density at radius 1 is 1.33 bits per heavy atom. The van der Waals surface area contributed by atoms with Gasteiger partial charge >= 0.3 is 5.63 Å². The number of methoxy groups -OCH3 is 1. The predicted molar refractivity (Wildman–Crippen MR) is 91.6 cm³/mol. The first-order valence-corrected chi connectivity index (χ1v) is 8.77. The van der Waals surface area contributed by atoms with Gasteiger partial charge in [-0.25, -0.2) is 4.79 Å². The van der Waals surface area contributed by atoms with E-state index in [0.717, 1.165) is 21.9 Å². The summed E-state index contributed by atoms with van der Waals surface area (Å²) in [5, 5.41) is 10.3. The second kappa shape index (κ2) is 5.98. The van der Waals surface area contributed by atoms with Crippen LogP contribution in [-0.2, 0) is 12.8 Å². The minimum atomic E-state index is -0.358. The van der Waals surface area contributed by atoms with E-state index in [1.54, 1.807) is 31.0 Å². The molecule has 1 saturated carbocycles. The first-order chi connectivity index (χ1) is 11.7. The maximum atomic E-state index is 11.8. The third kappa shape index (κ3) is 2.80. The predicted octanol–water partition coefficient (Wildman–Crippen LogP) is 3.10. The van der Waals surface area contributed by atoms with Gasteiger partial charge in [0.05, 0.1) is 7.11 Å². The summed E-state index contributed by atoms with van der Waals surface area (Å²) >= 11 is 1.58. The molecule has 0 radical (unpaired) electrons. The molecule has 24 heavy (non-hydrogen) atoms. The van der Waals surface area contributed by atoms with Gasteiger partial charge < -0.3 is 13.7 Å². The fourth-order valence-electron chi connectivity index (χ4n) is 2.75. The smallest absolute Gasteiger partial charge is 0.336 e. The molecule has 2 aromatic heterocycles. The zero-order chi connectivity index (χ0) is 16.7. The molecule has 0 saturated heterocycles. The van der Waals surface area contributed by atoms with Crippen molar-refractivity contribution in [2.75, 3.05) is 7.11 Å². The van der Waals surface area contributed by atoms with Gasteiger partial charge in [0.1, 0.15) is 17.2 Å². The number of hydrogen-bond acceptors (Lipinski definition) is 6. The lowest BCUT2D eigenvalue weighted by Gasteiger charge is -2.07. The molecule has 0 unspecified atom stereocenters. The molecule has 0 atom stereocenters. The second-order valence-corrected chi connectivity index (χ2v) is 6.86. The van der Waals surface area contributed by atoms with Gasteiger partial charge in [-0.1, -0.05) is 11.8 Å². The highest BCUT2D eigenvalue weighted by molar-refractivity contribution is 7.98. The molecule has 4 rings (SSSR count). The molecular formula is C17H17N3O3S. The summed E-state index contributed by atoms with van der Waals surface area (Å²) in [7, 11) is 3.59. The zero-order valence-corrected chi connectivity index (χ0v) is 14.3. The molecule has 7 heteroatoms. The van der Waals surface area contributed by atoms with E-state index in [1.165, 1.54) is 12.8 Å². The first kappa shape index (κ1) is 15.3. The molecule has 1 aliphatic carbocycles. The summed E-state index contributed by atoms with van der Waals surface area (Å²) in [6, 6.07) is 7.06. The van der Waals surface area contributed by atoms with Crippen LogP contribution in [0.5, 0.6) is 5.75 Å². The van der Waals surface area contributed by atoms with Crippen molar-refractivity contribution in [1.29, 1.82) is 0 Å². The van der Waals surface area contributed by atoms with E-state index >= 15 is 0 Å². The molecule has 1 fully saturated rings. The lowest BCUT2D eigenvalue weighted by molar-refractivity contribution is 0.414. The molecule has 0 amide bonds. The van der Waals surface area contributed by atoms with E-state index in [4.69, 9.17) is 9.15 Å². The lowest BCUT2D eigenvalue weighted by Crippen LogP contribution is -2.01. The molecule has 2 heterocycles. The largest absolute Gasteiger partial charge is 0.497 e. The topological polar surface area (TPSA) is 70.2 Å². The molecule has 0 N–H and O–H groups in total. The lowest BCUT2D eigenvalue weighted by atomic mass is 10.1. The monoisotopic (exact) mass is 343 g/mol. The van der Waals surface area contributed by atoms with Crippen molar-refractivity contribution in [3.05, 3.63) is 46.1 Å². The average molecular weight is 343 g/mol.